The van der Waals surface area contributed by atoms with Crippen LogP contribution in [0.25, 0.3) is 10.2 Å². The van der Waals surface area contributed by atoms with E-state index in [1.807, 2.05) is 38.1 Å². The van der Waals surface area contributed by atoms with Crippen molar-refractivity contribution >= 4 is 43.5 Å². The lowest BCUT2D eigenvalue weighted by Crippen LogP contribution is -2.35. The molecule has 0 bridgehead atoms. The molecule has 1 heterocycles. The molecule has 0 saturated carbocycles. The summed E-state index contributed by atoms with van der Waals surface area (Å²) in [6.45, 7) is 4.83. The zero-order chi connectivity index (χ0) is 33.1. The number of amides is 1. The lowest BCUT2D eigenvalue weighted by molar-refractivity contribution is -0.141. The standard InChI is InChI=1S/C13H18O5.C12H16N6O4S2.C2H6/c1-16-13(15)5-7-17-10-11-3-2-4-12(9-11)18-8-6-14;13-7(4-18(15)5-11(14)19)6-22-8-1-2-9-10(3-8)23-12(17-9)24(16,20)21;1-2/h2-4,9,14H,5-8,10H2,1H3;1-4H,5-6,13,15H2,(H2,14,19)(H2,16,20,21);1-2H3/b;7-4-;. The number of aromatic nitrogens is 1. The predicted octanol–water partition coefficient (Wildman–Crippen LogP) is 0.947. The Bertz CT molecular complexity index is 1470. The van der Waals surface area contributed by atoms with Crippen molar-refractivity contribution < 1.29 is 42.1 Å². The van der Waals surface area contributed by atoms with Gasteiger partial charge in [0.25, 0.3) is 10.0 Å². The third-order valence-electron chi connectivity index (χ3n) is 4.86. The highest BCUT2D eigenvalue weighted by Crippen LogP contribution is 2.28. The van der Waals surface area contributed by atoms with Crippen LogP contribution in [0, 0.1) is 0 Å². The Kier molecular flexibility index (Phi) is 17.3. The van der Waals surface area contributed by atoms with Crippen molar-refractivity contribution in [2.45, 2.75) is 31.2 Å². The molecule has 17 heteroatoms. The Hall–Kier alpha value is -4.00. The lowest BCUT2D eigenvalue weighted by atomic mass is 10.2. The molecule has 44 heavy (non-hydrogen) atoms. The molecule has 3 rings (SSSR count). The van der Waals surface area contributed by atoms with Gasteiger partial charge in [-0.2, -0.15) is 0 Å². The first-order chi connectivity index (χ1) is 20.9. The number of nitrogens with two attached hydrogens (primary N) is 4. The number of primary amides is 1. The molecule has 2 aromatic carbocycles. The van der Waals surface area contributed by atoms with Crippen LogP contribution in [-0.4, -0.2) is 75.5 Å². The number of carbonyl (C=O) groups is 2. The number of carbonyl (C=O) groups excluding carboxylic acids is 2. The summed E-state index contributed by atoms with van der Waals surface area (Å²) in [5, 5.41) is 14.8. The normalized spacial score (nSPS) is 11.0. The minimum atomic E-state index is -3.85. The van der Waals surface area contributed by atoms with E-state index in [4.69, 9.17) is 41.8 Å². The molecule has 1 aromatic heterocycles. The third kappa shape index (κ3) is 14.9. The van der Waals surface area contributed by atoms with Crippen LogP contribution in [0.5, 0.6) is 11.5 Å². The van der Waals surface area contributed by atoms with Crippen molar-refractivity contribution in [1.82, 2.24) is 9.99 Å². The minimum Gasteiger partial charge on any atom is -0.491 e. The van der Waals surface area contributed by atoms with Crippen molar-refractivity contribution in [3.63, 3.8) is 0 Å². The van der Waals surface area contributed by atoms with Crippen LogP contribution in [-0.2, 0) is 35.7 Å². The average molecular weight is 657 g/mol. The summed E-state index contributed by atoms with van der Waals surface area (Å²) in [6, 6.07) is 12.3. The molecule has 0 unspecified atom stereocenters. The van der Waals surface area contributed by atoms with Gasteiger partial charge < -0.3 is 40.5 Å². The third-order valence-corrected chi connectivity index (χ3v) is 7.20. The number of aliphatic hydroxyl groups is 1. The van der Waals surface area contributed by atoms with Crippen LogP contribution in [0.1, 0.15) is 25.8 Å². The smallest absolute Gasteiger partial charge is 0.307 e. The van der Waals surface area contributed by atoms with E-state index < -0.39 is 15.9 Å². The summed E-state index contributed by atoms with van der Waals surface area (Å²) in [6.07, 6.45) is 1.58. The van der Waals surface area contributed by atoms with Gasteiger partial charge in [0.15, 0.2) is 0 Å². The first-order valence-corrected chi connectivity index (χ1v) is 15.6. The number of thiazole rings is 1. The second kappa shape index (κ2) is 20.0. The van der Waals surface area contributed by atoms with E-state index in [1.54, 1.807) is 18.2 Å². The monoisotopic (exact) mass is 656 g/mol. The van der Waals surface area contributed by atoms with Crippen LogP contribution in [0.3, 0.4) is 0 Å². The second-order valence-corrected chi connectivity index (χ2v) is 11.1. The first-order valence-electron chi connectivity index (χ1n) is 13.2. The minimum absolute atomic E-state index is 0.0127. The maximum Gasteiger partial charge on any atom is 0.307 e. The van der Waals surface area contributed by atoms with Crippen LogP contribution < -0.4 is 31.9 Å². The number of esters is 1. The van der Waals surface area contributed by atoms with E-state index >= 15 is 0 Å². The molecule has 0 aliphatic rings. The molecule has 1 amide bonds. The van der Waals surface area contributed by atoms with E-state index in [9.17, 15) is 18.0 Å². The Morgan fingerprint density at radius 2 is 1.77 bits per heavy atom. The second-order valence-electron chi connectivity index (χ2n) is 8.38. The van der Waals surface area contributed by atoms with Crippen molar-refractivity contribution in [2.75, 3.05) is 40.1 Å². The molecular weight excluding hydrogens is 616 g/mol. The molecule has 0 atom stereocenters. The highest BCUT2D eigenvalue weighted by atomic mass is 32.2. The van der Waals surface area contributed by atoms with Crippen molar-refractivity contribution in [2.24, 2.45) is 22.4 Å². The highest BCUT2D eigenvalue weighted by molar-refractivity contribution is 7.91. The summed E-state index contributed by atoms with van der Waals surface area (Å²) < 4.78 is 43.7. The maximum absolute atomic E-state index is 11.3. The van der Waals surface area contributed by atoms with Gasteiger partial charge in [0.1, 0.15) is 31.3 Å². The Morgan fingerprint density at radius 1 is 1.07 bits per heavy atom. The van der Waals surface area contributed by atoms with Crippen LogP contribution in [0.4, 0.5) is 0 Å². The maximum atomic E-state index is 11.3. The van der Waals surface area contributed by atoms with Crippen molar-refractivity contribution in [3.8, 4) is 11.5 Å². The summed E-state index contributed by atoms with van der Waals surface area (Å²) in [7, 11) is -2.49. The molecule has 0 fully saturated rings. The number of hydrogen-bond acceptors (Lipinski definition) is 14. The molecule has 9 N–H and O–H groups in total. The van der Waals surface area contributed by atoms with E-state index in [1.165, 1.54) is 13.3 Å². The number of hydrogen-bond donors (Lipinski definition) is 5. The summed E-state index contributed by atoms with van der Waals surface area (Å²) in [5.41, 5.74) is 12.5. The van der Waals surface area contributed by atoms with Gasteiger partial charge in [0, 0.05) is 6.20 Å². The molecule has 244 valence electrons. The fourth-order valence-electron chi connectivity index (χ4n) is 3.07. The molecular formula is C27H40N6O9S2. The van der Waals surface area contributed by atoms with E-state index in [0.717, 1.165) is 21.9 Å². The van der Waals surface area contributed by atoms with Gasteiger partial charge in [0.2, 0.25) is 10.2 Å². The van der Waals surface area contributed by atoms with Crippen molar-refractivity contribution in [1.29, 1.82) is 0 Å². The van der Waals surface area contributed by atoms with E-state index in [0.29, 0.717) is 34.9 Å². The number of nitrogens with zero attached hydrogens (tertiary/aromatic N) is 2. The topological polar surface area (TPSA) is 246 Å². The molecule has 0 spiro atoms. The highest BCUT2D eigenvalue weighted by Gasteiger charge is 2.15. The first kappa shape index (κ1) is 38.0. The van der Waals surface area contributed by atoms with Crippen LogP contribution in [0.15, 0.2) is 58.7 Å². The molecule has 0 aliphatic carbocycles. The van der Waals surface area contributed by atoms with Crippen LogP contribution >= 0.6 is 11.3 Å². The molecule has 0 saturated heterocycles. The SMILES string of the molecule is CC.COC(=O)CCOCc1cccc(OCCO)c1.NC(=O)CN(N)/C=C(\N)COc1ccc2nc(S(N)(=O)=O)sc2c1. The number of rotatable bonds is 15. The zero-order valence-corrected chi connectivity index (χ0v) is 26.4. The number of hydrazine groups is 1. The van der Waals surface area contributed by atoms with Crippen molar-refractivity contribution in [3.05, 3.63) is 59.9 Å². The number of benzene rings is 2. The Morgan fingerprint density at radius 3 is 2.41 bits per heavy atom. The lowest BCUT2D eigenvalue weighted by Gasteiger charge is -2.13. The number of sulfonamides is 1. The number of ether oxygens (including phenoxy) is 4. The van der Waals surface area contributed by atoms with Gasteiger partial charge in [-0.1, -0.05) is 26.0 Å². The zero-order valence-electron chi connectivity index (χ0n) is 24.8. The van der Waals surface area contributed by atoms with Crippen LogP contribution in [0.2, 0.25) is 0 Å². The molecule has 0 radical (unpaired) electrons. The Balaban J connectivity index is 0.000000433. The van der Waals surface area contributed by atoms with E-state index in [-0.39, 0.29) is 48.8 Å². The van der Waals surface area contributed by atoms with Gasteiger partial charge >= 0.3 is 5.97 Å². The number of primary sulfonamides is 1. The predicted molar refractivity (Wildman–Crippen MR) is 166 cm³/mol. The number of aliphatic hydroxyl groups excluding tert-OH is 1. The summed E-state index contributed by atoms with van der Waals surface area (Å²) >= 11 is 0.941. The summed E-state index contributed by atoms with van der Waals surface area (Å²) in [5.74, 6) is 5.78. The summed E-state index contributed by atoms with van der Waals surface area (Å²) in [4.78, 5) is 25.5. The van der Waals surface area contributed by atoms with Gasteiger partial charge in [-0.25, -0.2) is 24.4 Å². The van der Waals surface area contributed by atoms with Gasteiger partial charge in [-0.3, -0.25) is 9.59 Å². The Labute approximate surface area is 260 Å². The molecule has 3 aromatic rings. The average Bonchev–Trinajstić information content (AvgIpc) is 3.43. The fraction of sp³-hybridized carbons (Fsp3) is 0.370. The fourth-order valence-corrected chi connectivity index (χ4v) is 4.76. The van der Waals surface area contributed by atoms with Gasteiger partial charge in [-0.05, 0) is 35.9 Å². The quantitative estimate of drug-likeness (QED) is 0.0662. The van der Waals surface area contributed by atoms with Gasteiger partial charge in [-0.15, -0.1) is 11.3 Å². The van der Waals surface area contributed by atoms with Gasteiger partial charge in [0.05, 0.1) is 49.3 Å². The van der Waals surface area contributed by atoms with E-state index in [2.05, 4.69) is 9.72 Å². The molecule has 15 nitrogen and oxygen atoms in total. The molecule has 0 aliphatic heterocycles. The number of methoxy groups -OCH3 is 1. The largest absolute Gasteiger partial charge is 0.491 e. The number of fused-ring (bicyclic) bond motifs is 1.